The summed E-state index contributed by atoms with van der Waals surface area (Å²) < 4.78 is 0.756. The molecule has 2 aromatic heterocycles. The van der Waals surface area contributed by atoms with Gasteiger partial charge < -0.3 is 10.7 Å². The zero-order valence-corrected chi connectivity index (χ0v) is 15.5. The fraction of sp³-hybridized carbons (Fsp3) is 0.0476. The molecular weight excluding hydrogens is 390 g/mol. The first kappa shape index (κ1) is 16.7. The van der Waals surface area contributed by atoms with Crippen molar-refractivity contribution in [2.24, 2.45) is 5.73 Å². The van der Waals surface area contributed by atoms with Crippen LogP contribution in [0.5, 0.6) is 0 Å². The van der Waals surface area contributed by atoms with Crippen LogP contribution >= 0.6 is 15.9 Å². The molecule has 0 aliphatic heterocycles. The molecule has 4 rings (SSSR count). The van der Waals surface area contributed by atoms with Gasteiger partial charge >= 0.3 is 0 Å². The van der Waals surface area contributed by atoms with Gasteiger partial charge in [0, 0.05) is 23.9 Å². The second-order valence-electron chi connectivity index (χ2n) is 6.01. The number of aromatic nitrogens is 2. The van der Waals surface area contributed by atoms with Gasteiger partial charge in [-0.2, -0.15) is 0 Å². The Hall–Kier alpha value is -2.76. The topological polar surface area (TPSA) is 71.8 Å². The van der Waals surface area contributed by atoms with Crippen molar-refractivity contribution in [3.05, 3.63) is 87.3 Å². The van der Waals surface area contributed by atoms with E-state index in [1.165, 1.54) is 0 Å². The smallest absolute Gasteiger partial charge is 0.257 e. The lowest BCUT2D eigenvalue weighted by atomic mass is 9.97. The number of benzene rings is 2. The van der Waals surface area contributed by atoms with Gasteiger partial charge in [0.2, 0.25) is 0 Å². The van der Waals surface area contributed by atoms with E-state index in [0.717, 1.165) is 32.4 Å². The van der Waals surface area contributed by atoms with Crippen LogP contribution in [-0.4, -0.2) is 9.97 Å². The highest BCUT2D eigenvalue weighted by atomic mass is 79.9. The van der Waals surface area contributed by atoms with Crippen LogP contribution in [-0.2, 0) is 6.54 Å². The van der Waals surface area contributed by atoms with Gasteiger partial charge in [0.1, 0.15) is 0 Å². The molecule has 26 heavy (non-hydrogen) atoms. The first-order valence-corrected chi connectivity index (χ1v) is 9.03. The Balaban J connectivity index is 2.05. The van der Waals surface area contributed by atoms with Crippen LogP contribution in [0.2, 0.25) is 0 Å². The minimum Gasteiger partial charge on any atom is -0.327 e. The van der Waals surface area contributed by atoms with Gasteiger partial charge in [0.05, 0.1) is 21.1 Å². The number of halogens is 1. The first-order valence-electron chi connectivity index (χ1n) is 8.24. The average Bonchev–Trinajstić information content (AvgIpc) is 2.71. The third-order valence-electron chi connectivity index (χ3n) is 4.37. The number of nitrogens with zero attached hydrogens (tertiary/aromatic N) is 1. The van der Waals surface area contributed by atoms with E-state index in [2.05, 4.69) is 20.9 Å². The van der Waals surface area contributed by atoms with Crippen molar-refractivity contribution < 1.29 is 0 Å². The summed E-state index contributed by atoms with van der Waals surface area (Å²) in [5.74, 6) is 0. The molecule has 0 spiro atoms. The molecule has 0 unspecified atom stereocenters. The molecule has 0 saturated heterocycles. The Morgan fingerprint density at radius 1 is 1.00 bits per heavy atom. The van der Waals surface area contributed by atoms with Gasteiger partial charge in [0.25, 0.3) is 5.56 Å². The molecule has 0 bridgehead atoms. The van der Waals surface area contributed by atoms with Gasteiger partial charge in [-0.05, 0) is 33.1 Å². The Morgan fingerprint density at radius 3 is 2.42 bits per heavy atom. The molecule has 4 nitrogen and oxygen atoms in total. The summed E-state index contributed by atoms with van der Waals surface area (Å²) in [6.07, 6.45) is 1.63. The van der Waals surface area contributed by atoms with E-state index in [1.807, 2.05) is 60.7 Å². The summed E-state index contributed by atoms with van der Waals surface area (Å²) in [4.78, 5) is 19.9. The van der Waals surface area contributed by atoms with Crippen molar-refractivity contribution >= 4 is 26.8 Å². The van der Waals surface area contributed by atoms with Crippen molar-refractivity contribution in [3.63, 3.8) is 0 Å². The molecule has 0 fully saturated rings. The lowest BCUT2D eigenvalue weighted by Crippen LogP contribution is -2.07. The summed E-state index contributed by atoms with van der Waals surface area (Å²) in [5, 5.41) is 0.556. The number of hydrogen-bond donors (Lipinski definition) is 2. The standard InChI is InChI=1S/C21H16BrN3O/c22-18-12-24-21(26)17-10-16(14-4-2-1-3-5-14)19(25-20(17)18)15-8-6-13(11-23)7-9-15/h1-10,12H,11,23H2,(H,24,26). The molecule has 2 heterocycles. The Labute approximate surface area is 158 Å². The van der Waals surface area contributed by atoms with E-state index >= 15 is 0 Å². The minimum atomic E-state index is -0.155. The summed E-state index contributed by atoms with van der Waals surface area (Å²) in [5.41, 5.74) is 11.0. The molecule has 4 aromatic rings. The maximum atomic E-state index is 12.3. The van der Waals surface area contributed by atoms with Crippen molar-refractivity contribution in [3.8, 4) is 22.4 Å². The minimum absolute atomic E-state index is 0.155. The third kappa shape index (κ3) is 2.96. The van der Waals surface area contributed by atoms with Gasteiger partial charge in [-0.1, -0.05) is 54.6 Å². The lowest BCUT2D eigenvalue weighted by molar-refractivity contribution is 1.07. The van der Waals surface area contributed by atoms with Crippen LogP contribution in [0, 0.1) is 0 Å². The zero-order valence-electron chi connectivity index (χ0n) is 13.9. The SMILES string of the molecule is NCc1ccc(-c2nc3c(Br)c[nH]c(=O)c3cc2-c2ccccc2)cc1. The second-order valence-corrected chi connectivity index (χ2v) is 6.87. The number of nitrogens with two attached hydrogens (primary N) is 1. The number of pyridine rings is 2. The monoisotopic (exact) mass is 405 g/mol. The fourth-order valence-corrected chi connectivity index (χ4v) is 3.42. The highest BCUT2D eigenvalue weighted by Gasteiger charge is 2.14. The molecule has 5 heteroatoms. The fourth-order valence-electron chi connectivity index (χ4n) is 3.00. The Morgan fingerprint density at radius 2 is 1.73 bits per heavy atom. The molecule has 0 amide bonds. The maximum absolute atomic E-state index is 12.3. The Kier molecular flexibility index (Phi) is 4.41. The summed E-state index contributed by atoms with van der Waals surface area (Å²) in [6.45, 7) is 0.498. The molecule has 0 saturated carbocycles. The third-order valence-corrected chi connectivity index (χ3v) is 4.98. The van der Waals surface area contributed by atoms with Crippen LogP contribution in [0.15, 0.2) is 76.1 Å². The highest BCUT2D eigenvalue weighted by Crippen LogP contribution is 2.34. The normalized spacial score (nSPS) is 11.0. The molecule has 0 aliphatic carbocycles. The van der Waals surface area contributed by atoms with E-state index in [0.29, 0.717) is 17.4 Å². The van der Waals surface area contributed by atoms with E-state index in [-0.39, 0.29) is 5.56 Å². The lowest BCUT2D eigenvalue weighted by Gasteiger charge is -2.12. The largest absolute Gasteiger partial charge is 0.327 e. The van der Waals surface area contributed by atoms with Crippen LogP contribution in [0.25, 0.3) is 33.3 Å². The predicted octanol–water partition coefficient (Wildman–Crippen LogP) is 4.48. The van der Waals surface area contributed by atoms with E-state index in [1.54, 1.807) is 6.20 Å². The zero-order chi connectivity index (χ0) is 18.1. The van der Waals surface area contributed by atoms with Crippen LogP contribution in [0.3, 0.4) is 0 Å². The summed E-state index contributed by atoms with van der Waals surface area (Å²) in [6, 6.07) is 19.9. The first-order chi connectivity index (χ1) is 12.7. The summed E-state index contributed by atoms with van der Waals surface area (Å²) in [7, 11) is 0. The number of hydrogen-bond acceptors (Lipinski definition) is 3. The van der Waals surface area contributed by atoms with E-state index in [4.69, 9.17) is 10.7 Å². The average molecular weight is 406 g/mol. The van der Waals surface area contributed by atoms with Gasteiger partial charge in [-0.15, -0.1) is 0 Å². The molecule has 2 aromatic carbocycles. The van der Waals surface area contributed by atoms with Crippen LogP contribution < -0.4 is 11.3 Å². The summed E-state index contributed by atoms with van der Waals surface area (Å²) >= 11 is 3.49. The molecular formula is C21H16BrN3O. The molecule has 0 aliphatic rings. The highest BCUT2D eigenvalue weighted by molar-refractivity contribution is 9.10. The van der Waals surface area contributed by atoms with Crippen LogP contribution in [0.4, 0.5) is 0 Å². The van der Waals surface area contributed by atoms with E-state index < -0.39 is 0 Å². The van der Waals surface area contributed by atoms with Crippen LogP contribution in [0.1, 0.15) is 5.56 Å². The predicted molar refractivity (Wildman–Crippen MR) is 109 cm³/mol. The van der Waals surface area contributed by atoms with Gasteiger partial charge in [-0.3, -0.25) is 4.79 Å². The number of aromatic amines is 1. The molecule has 128 valence electrons. The number of fused-ring (bicyclic) bond motifs is 1. The van der Waals surface area contributed by atoms with Crippen molar-refractivity contribution in [1.29, 1.82) is 0 Å². The van der Waals surface area contributed by atoms with E-state index in [9.17, 15) is 4.79 Å². The number of H-pyrrole nitrogens is 1. The Bertz CT molecular complexity index is 1140. The van der Waals surface area contributed by atoms with Crippen molar-refractivity contribution in [1.82, 2.24) is 9.97 Å². The molecule has 0 atom stereocenters. The molecule has 0 radical (unpaired) electrons. The maximum Gasteiger partial charge on any atom is 0.257 e. The number of nitrogens with one attached hydrogen (secondary N) is 1. The van der Waals surface area contributed by atoms with Crippen molar-refractivity contribution in [2.45, 2.75) is 6.54 Å². The van der Waals surface area contributed by atoms with Gasteiger partial charge in [-0.25, -0.2) is 4.98 Å². The molecule has 3 N–H and O–H groups in total. The second kappa shape index (κ2) is 6.86. The van der Waals surface area contributed by atoms with Crippen molar-refractivity contribution in [2.75, 3.05) is 0 Å². The van der Waals surface area contributed by atoms with Gasteiger partial charge in [0.15, 0.2) is 0 Å². The quantitative estimate of drug-likeness (QED) is 0.527. The number of rotatable bonds is 3.